The maximum absolute atomic E-state index is 13.4. The molecule has 0 spiro atoms. The Labute approximate surface area is 129 Å². The molecule has 3 aromatic rings. The molecule has 1 amide bonds. The van der Waals surface area contributed by atoms with Crippen molar-refractivity contribution >= 4 is 43.7 Å². The Morgan fingerprint density at radius 3 is 2.77 bits per heavy atom. The Balaban J connectivity index is 1.93. The lowest BCUT2D eigenvalue weighted by atomic mass is 10.1. The predicted molar refractivity (Wildman–Crippen MR) is 86.0 cm³/mol. The molecule has 0 aliphatic carbocycles. The van der Waals surface area contributed by atoms with Gasteiger partial charge in [0.25, 0.3) is 5.91 Å². The Morgan fingerprint density at radius 2 is 1.95 bits per heavy atom. The van der Waals surface area contributed by atoms with Gasteiger partial charge in [0, 0.05) is 10.1 Å². The highest BCUT2D eigenvalue weighted by molar-refractivity contribution is 7.23. The molecule has 110 valence electrons. The maximum Gasteiger partial charge on any atom is 0.259 e. The summed E-state index contributed by atoms with van der Waals surface area (Å²) in [6.45, 7) is 0. The summed E-state index contributed by atoms with van der Waals surface area (Å²) in [5, 5.41) is 7.52. The standard InChI is InChI=1S/C16H11FN2O2S/c1-21-9-3-4-10-13(7-9)22-16-14(10)15(20)18-11-5-2-8(17)6-12(11)19-16/h2-7,19H,1H3,(H,18,20). The average molecular weight is 314 g/mol. The number of rotatable bonds is 1. The second-order valence-electron chi connectivity index (χ2n) is 4.94. The molecule has 0 atom stereocenters. The average Bonchev–Trinajstić information content (AvgIpc) is 2.80. The molecule has 0 unspecified atom stereocenters. The number of hydrogen-bond donors (Lipinski definition) is 2. The van der Waals surface area contributed by atoms with Crippen LogP contribution in [0, 0.1) is 5.82 Å². The second-order valence-corrected chi connectivity index (χ2v) is 5.99. The van der Waals surface area contributed by atoms with Crippen molar-refractivity contribution in [1.82, 2.24) is 0 Å². The first-order chi connectivity index (χ1) is 10.7. The minimum absolute atomic E-state index is 0.204. The Kier molecular flexibility index (Phi) is 2.80. The molecule has 22 heavy (non-hydrogen) atoms. The van der Waals surface area contributed by atoms with Gasteiger partial charge in [-0.25, -0.2) is 4.39 Å². The van der Waals surface area contributed by atoms with Crippen molar-refractivity contribution in [2.45, 2.75) is 0 Å². The molecule has 0 saturated heterocycles. The number of fused-ring (bicyclic) bond motifs is 4. The summed E-state index contributed by atoms with van der Waals surface area (Å²) in [7, 11) is 1.60. The first-order valence-electron chi connectivity index (χ1n) is 6.64. The lowest BCUT2D eigenvalue weighted by Crippen LogP contribution is -2.10. The molecule has 0 radical (unpaired) electrons. The van der Waals surface area contributed by atoms with Crippen molar-refractivity contribution in [3.05, 3.63) is 47.8 Å². The van der Waals surface area contributed by atoms with Gasteiger partial charge in [0.2, 0.25) is 0 Å². The molecule has 6 heteroatoms. The van der Waals surface area contributed by atoms with Crippen LogP contribution in [0.3, 0.4) is 0 Å². The number of methoxy groups -OCH3 is 1. The zero-order valence-corrected chi connectivity index (χ0v) is 12.4. The van der Waals surface area contributed by atoms with E-state index in [4.69, 9.17) is 4.74 Å². The number of halogens is 1. The van der Waals surface area contributed by atoms with Crippen molar-refractivity contribution in [3.63, 3.8) is 0 Å². The van der Waals surface area contributed by atoms with E-state index in [0.29, 0.717) is 21.9 Å². The van der Waals surface area contributed by atoms with Crippen LogP contribution >= 0.6 is 11.3 Å². The monoisotopic (exact) mass is 314 g/mol. The third-order valence-corrected chi connectivity index (χ3v) is 4.67. The van der Waals surface area contributed by atoms with Crippen molar-refractivity contribution in [2.75, 3.05) is 17.7 Å². The number of ether oxygens (including phenoxy) is 1. The molecule has 2 heterocycles. The van der Waals surface area contributed by atoms with E-state index in [2.05, 4.69) is 10.6 Å². The Bertz CT molecular complexity index is 920. The maximum atomic E-state index is 13.4. The summed E-state index contributed by atoms with van der Waals surface area (Å²) in [5.41, 5.74) is 1.68. The van der Waals surface area contributed by atoms with Crippen molar-refractivity contribution < 1.29 is 13.9 Å². The predicted octanol–water partition coefficient (Wildman–Crippen LogP) is 4.36. The van der Waals surface area contributed by atoms with E-state index in [-0.39, 0.29) is 11.7 Å². The molecule has 0 saturated carbocycles. The van der Waals surface area contributed by atoms with Crippen molar-refractivity contribution in [1.29, 1.82) is 0 Å². The number of amides is 1. The van der Waals surface area contributed by atoms with E-state index in [1.165, 1.54) is 23.5 Å². The van der Waals surface area contributed by atoms with Crippen molar-refractivity contribution in [2.24, 2.45) is 0 Å². The van der Waals surface area contributed by atoms with Gasteiger partial charge in [-0.3, -0.25) is 4.79 Å². The van der Waals surface area contributed by atoms with Crippen LogP contribution in [0.25, 0.3) is 10.1 Å². The number of carbonyl (C=O) groups excluding carboxylic acids is 1. The van der Waals surface area contributed by atoms with E-state index in [1.807, 2.05) is 18.2 Å². The highest BCUT2D eigenvalue weighted by atomic mass is 32.1. The van der Waals surface area contributed by atoms with Crippen LogP contribution in [-0.2, 0) is 0 Å². The quantitative estimate of drug-likeness (QED) is 0.702. The Hall–Kier alpha value is -2.60. The molecule has 4 rings (SSSR count). The molecule has 1 aliphatic heterocycles. The van der Waals surface area contributed by atoms with Gasteiger partial charge in [0.1, 0.15) is 16.6 Å². The fraction of sp³-hybridized carbons (Fsp3) is 0.0625. The lowest BCUT2D eigenvalue weighted by molar-refractivity contribution is 0.103. The Morgan fingerprint density at radius 1 is 1.09 bits per heavy atom. The lowest BCUT2D eigenvalue weighted by Gasteiger charge is -2.07. The first-order valence-corrected chi connectivity index (χ1v) is 7.46. The summed E-state index contributed by atoms with van der Waals surface area (Å²) in [5.74, 6) is 0.173. The van der Waals surface area contributed by atoms with Crippen LogP contribution in [0.5, 0.6) is 5.75 Å². The highest BCUT2D eigenvalue weighted by Gasteiger charge is 2.24. The van der Waals surface area contributed by atoms with Crippen LogP contribution < -0.4 is 15.4 Å². The number of nitrogens with one attached hydrogen (secondary N) is 2. The number of carbonyl (C=O) groups is 1. The molecule has 2 N–H and O–H groups in total. The summed E-state index contributed by atoms with van der Waals surface area (Å²) in [4.78, 5) is 12.5. The fourth-order valence-electron chi connectivity index (χ4n) is 2.55. The summed E-state index contributed by atoms with van der Waals surface area (Å²) in [6, 6.07) is 9.81. The smallest absolute Gasteiger partial charge is 0.259 e. The van der Waals surface area contributed by atoms with E-state index in [9.17, 15) is 9.18 Å². The SMILES string of the molecule is COc1ccc2c3c(sc2c1)Nc1cc(F)ccc1NC3=O. The molecule has 2 aromatic carbocycles. The van der Waals surface area contributed by atoms with E-state index in [0.717, 1.165) is 15.8 Å². The number of anilines is 3. The van der Waals surface area contributed by atoms with E-state index < -0.39 is 0 Å². The molecule has 0 bridgehead atoms. The molecular formula is C16H11FN2O2S. The highest BCUT2D eigenvalue weighted by Crippen LogP contribution is 2.42. The number of thiophene rings is 1. The van der Waals surface area contributed by atoms with Crippen molar-refractivity contribution in [3.8, 4) is 5.75 Å². The molecular weight excluding hydrogens is 303 g/mol. The van der Waals surface area contributed by atoms with Gasteiger partial charge in [-0.05, 0) is 36.4 Å². The van der Waals surface area contributed by atoms with Gasteiger partial charge in [-0.2, -0.15) is 0 Å². The van der Waals surface area contributed by atoms with Gasteiger partial charge < -0.3 is 15.4 Å². The van der Waals surface area contributed by atoms with E-state index in [1.54, 1.807) is 13.2 Å². The fourth-order valence-corrected chi connectivity index (χ4v) is 3.69. The molecule has 1 aromatic heterocycles. The van der Waals surface area contributed by atoms with Crippen LogP contribution in [0.2, 0.25) is 0 Å². The topological polar surface area (TPSA) is 50.4 Å². The normalized spacial score (nSPS) is 12.9. The van der Waals surface area contributed by atoms with E-state index >= 15 is 0 Å². The van der Waals surface area contributed by atoms with Gasteiger partial charge >= 0.3 is 0 Å². The van der Waals surface area contributed by atoms with Gasteiger partial charge in [-0.15, -0.1) is 11.3 Å². The van der Waals surface area contributed by atoms with Gasteiger partial charge in [0.15, 0.2) is 0 Å². The number of benzene rings is 2. The van der Waals surface area contributed by atoms with Crippen LogP contribution in [0.15, 0.2) is 36.4 Å². The van der Waals surface area contributed by atoms with Crippen LogP contribution in [0.1, 0.15) is 10.4 Å². The first kappa shape index (κ1) is 13.1. The largest absolute Gasteiger partial charge is 0.497 e. The van der Waals surface area contributed by atoms with Crippen LogP contribution in [-0.4, -0.2) is 13.0 Å². The zero-order chi connectivity index (χ0) is 15.3. The van der Waals surface area contributed by atoms with Crippen LogP contribution in [0.4, 0.5) is 20.8 Å². The molecule has 4 nitrogen and oxygen atoms in total. The molecule has 0 fully saturated rings. The van der Waals surface area contributed by atoms with Gasteiger partial charge in [-0.1, -0.05) is 0 Å². The third-order valence-electron chi connectivity index (χ3n) is 3.60. The zero-order valence-electron chi connectivity index (χ0n) is 11.6. The summed E-state index contributed by atoms with van der Waals surface area (Å²) >= 11 is 1.44. The van der Waals surface area contributed by atoms with Gasteiger partial charge in [0.05, 0.1) is 24.0 Å². The third kappa shape index (κ3) is 1.92. The number of hydrogen-bond acceptors (Lipinski definition) is 4. The summed E-state index contributed by atoms with van der Waals surface area (Å²) < 4.78 is 19.6. The summed E-state index contributed by atoms with van der Waals surface area (Å²) in [6.07, 6.45) is 0. The second kappa shape index (κ2) is 4.71. The minimum Gasteiger partial charge on any atom is -0.497 e. The minimum atomic E-state index is -0.355. The molecule has 1 aliphatic rings.